The molecule has 2 aromatic heterocycles. The fraction of sp³-hybridized carbons (Fsp3) is 0.133. The van der Waals surface area contributed by atoms with E-state index in [1.54, 1.807) is 6.07 Å². The van der Waals surface area contributed by atoms with Crippen molar-refractivity contribution in [1.29, 1.82) is 0 Å². The highest BCUT2D eigenvalue weighted by Gasteiger charge is 2.11. The molecule has 122 valence electrons. The first-order valence-corrected chi connectivity index (χ1v) is 7.92. The number of aryl methyl sites for hydroxylation is 1. The SMILES string of the molecule is Cc1ccc(C(=O)NNC(=O)Cn2nnc(-c3ccccc3)n2)s1. The van der Waals surface area contributed by atoms with Gasteiger partial charge in [0.15, 0.2) is 0 Å². The molecular formula is C15H14N6O2S. The van der Waals surface area contributed by atoms with Crippen LogP contribution >= 0.6 is 11.3 Å². The van der Waals surface area contributed by atoms with Gasteiger partial charge in [-0.25, -0.2) is 0 Å². The number of nitrogens with one attached hydrogen (secondary N) is 2. The van der Waals surface area contributed by atoms with Gasteiger partial charge in [-0.15, -0.1) is 21.5 Å². The summed E-state index contributed by atoms with van der Waals surface area (Å²) in [5, 5.41) is 11.9. The van der Waals surface area contributed by atoms with E-state index < -0.39 is 5.91 Å². The molecule has 0 saturated carbocycles. The molecule has 0 aliphatic carbocycles. The minimum atomic E-state index is -0.450. The second-order valence-electron chi connectivity index (χ2n) is 4.92. The number of hydrogen-bond acceptors (Lipinski definition) is 6. The third-order valence-corrected chi connectivity index (χ3v) is 4.05. The van der Waals surface area contributed by atoms with Gasteiger partial charge in [0.1, 0.15) is 6.54 Å². The number of thiophene rings is 1. The molecule has 0 aliphatic rings. The van der Waals surface area contributed by atoms with Gasteiger partial charge in [-0.3, -0.25) is 20.4 Å². The maximum atomic E-state index is 11.8. The van der Waals surface area contributed by atoms with Crippen molar-refractivity contribution in [2.75, 3.05) is 0 Å². The van der Waals surface area contributed by atoms with Crippen LogP contribution in [0.2, 0.25) is 0 Å². The lowest BCUT2D eigenvalue weighted by molar-refractivity contribution is -0.122. The zero-order valence-corrected chi connectivity index (χ0v) is 13.6. The molecule has 0 radical (unpaired) electrons. The number of hydrogen-bond donors (Lipinski definition) is 2. The van der Waals surface area contributed by atoms with Crippen LogP contribution in [0.4, 0.5) is 0 Å². The largest absolute Gasteiger partial charge is 0.279 e. The van der Waals surface area contributed by atoms with Gasteiger partial charge in [-0.1, -0.05) is 30.3 Å². The Hall–Kier alpha value is -3.07. The van der Waals surface area contributed by atoms with Crippen molar-refractivity contribution in [3.63, 3.8) is 0 Å². The second-order valence-corrected chi connectivity index (χ2v) is 6.21. The van der Waals surface area contributed by atoms with Crippen LogP contribution < -0.4 is 10.9 Å². The predicted octanol–water partition coefficient (Wildman–Crippen LogP) is 1.17. The van der Waals surface area contributed by atoms with Gasteiger partial charge in [0.05, 0.1) is 4.88 Å². The third kappa shape index (κ3) is 3.82. The average molecular weight is 342 g/mol. The van der Waals surface area contributed by atoms with Crippen molar-refractivity contribution < 1.29 is 9.59 Å². The first-order chi connectivity index (χ1) is 11.6. The van der Waals surface area contributed by atoms with Crippen molar-refractivity contribution in [3.05, 3.63) is 52.2 Å². The summed E-state index contributed by atoms with van der Waals surface area (Å²) in [6, 6.07) is 12.9. The molecule has 9 heteroatoms. The van der Waals surface area contributed by atoms with Crippen LogP contribution in [0.15, 0.2) is 42.5 Å². The van der Waals surface area contributed by atoms with E-state index in [1.807, 2.05) is 43.3 Å². The summed E-state index contributed by atoms with van der Waals surface area (Å²) in [5.41, 5.74) is 5.49. The fourth-order valence-corrected chi connectivity index (χ4v) is 2.69. The molecule has 1 aromatic carbocycles. The van der Waals surface area contributed by atoms with Crippen LogP contribution in [0.1, 0.15) is 14.5 Å². The van der Waals surface area contributed by atoms with Crippen LogP contribution in [-0.4, -0.2) is 32.0 Å². The highest BCUT2D eigenvalue weighted by molar-refractivity contribution is 7.13. The molecule has 0 bridgehead atoms. The van der Waals surface area contributed by atoms with Crippen molar-refractivity contribution in [2.24, 2.45) is 0 Å². The Bertz CT molecular complexity index is 858. The summed E-state index contributed by atoms with van der Waals surface area (Å²) in [7, 11) is 0. The highest BCUT2D eigenvalue weighted by atomic mass is 32.1. The molecule has 0 aliphatic heterocycles. The van der Waals surface area contributed by atoms with E-state index in [9.17, 15) is 9.59 Å². The van der Waals surface area contributed by atoms with E-state index >= 15 is 0 Å². The molecule has 8 nitrogen and oxygen atoms in total. The fourth-order valence-electron chi connectivity index (χ4n) is 1.93. The smallest absolute Gasteiger partial charge is 0.271 e. The minimum Gasteiger partial charge on any atom is -0.271 e. The lowest BCUT2D eigenvalue weighted by Gasteiger charge is -2.05. The van der Waals surface area contributed by atoms with Crippen LogP contribution in [0, 0.1) is 6.92 Å². The van der Waals surface area contributed by atoms with Crippen LogP contribution in [0.25, 0.3) is 11.4 Å². The van der Waals surface area contributed by atoms with E-state index in [4.69, 9.17) is 0 Å². The molecule has 0 saturated heterocycles. The summed E-state index contributed by atoms with van der Waals surface area (Å²) in [5.74, 6) is -0.381. The van der Waals surface area contributed by atoms with Crippen molar-refractivity contribution in [3.8, 4) is 11.4 Å². The first kappa shape index (κ1) is 15.8. The number of amides is 2. The van der Waals surface area contributed by atoms with E-state index in [-0.39, 0.29) is 12.5 Å². The lowest BCUT2D eigenvalue weighted by Crippen LogP contribution is -2.43. The molecular weight excluding hydrogens is 328 g/mol. The average Bonchev–Trinajstić information content (AvgIpc) is 3.23. The molecule has 0 spiro atoms. The topological polar surface area (TPSA) is 102 Å². The van der Waals surface area contributed by atoms with Crippen LogP contribution in [0.5, 0.6) is 0 Å². The molecule has 2 amide bonds. The Morgan fingerprint density at radius 3 is 2.62 bits per heavy atom. The first-order valence-electron chi connectivity index (χ1n) is 7.10. The van der Waals surface area contributed by atoms with Gasteiger partial charge in [0.2, 0.25) is 5.82 Å². The molecule has 24 heavy (non-hydrogen) atoms. The Labute approximate surface area is 141 Å². The zero-order chi connectivity index (χ0) is 16.9. The number of hydrazine groups is 1. The summed E-state index contributed by atoms with van der Waals surface area (Å²) < 4.78 is 0. The monoisotopic (exact) mass is 342 g/mol. The minimum absolute atomic E-state index is 0.149. The Balaban J connectivity index is 1.54. The number of rotatable bonds is 4. The number of carbonyl (C=O) groups is 2. The highest BCUT2D eigenvalue weighted by Crippen LogP contribution is 2.14. The molecule has 2 heterocycles. The summed E-state index contributed by atoms with van der Waals surface area (Å²) in [6.45, 7) is 1.75. The van der Waals surface area contributed by atoms with Gasteiger partial charge in [-0.05, 0) is 24.3 Å². The zero-order valence-electron chi connectivity index (χ0n) is 12.8. The van der Waals surface area contributed by atoms with Crippen molar-refractivity contribution in [2.45, 2.75) is 13.5 Å². The Kier molecular flexibility index (Phi) is 4.62. The maximum absolute atomic E-state index is 11.8. The van der Waals surface area contributed by atoms with Gasteiger partial charge in [0, 0.05) is 10.4 Å². The molecule has 0 fully saturated rings. The van der Waals surface area contributed by atoms with Crippen LogP contribution in [0.3, 0.4) is 0 Å². The number of benzene rings is 1. The quantitative estimate of drug-likeness (QED) is 0.693. The summed E-state index contributed by atoms with van der Waals surface area (Å²) in [6.07, 6.45) is 0. The van der Waals surface area contributed by atoms with Gasteiger partial charge in [0.25, 0.3) is 11.8 Å². The van der Waals surface area contributed by atoms with E-state index in [2.05, 4.69) is 26.3 Å². The lowest BCUT2D eigenvalue weighted by atomic mass is 10.2. The molecule has 0 unspecified atom stereocenters. The number of aromatic nitrogens is 4. The van der Waals surface area contributed by atoms with E-state index in [0.717, 1.165) is 10.4 Å². The molecule has 3 aromatic rings. The molecule has 2 N–H and O–H groups in total. The van der Waals surface area contributed by atoms with Crippen molar-refractivity contribution in [1.82, 2.24) is 31.1 Å². The third-order valence-electron chi connectivity index (χ3n) is 3.05. The van der Waals surface area contributed by atoms with Gasteiger partial charge < -0.3 is 0 Å². The Morgan fingerprint density at radius 2 is 1.92 bits per heavy atom. The summed E-state index contributed by atoms with van der Waals surface area (Å²) in [4.78, 5) is 26.4. The predicted molar refractivity (Wildman–Crippen MR) is 87.9 cm³/mol. The number of carbonyl (C=O) groups excluding carboxylic acids is 2. The number of tetrazole rings is 1. The maximum Gasteiger partial charge on any atom is 0.279 e. The number of nitrogens with zero attached hydrogens (tertiary/aromatic N) is 4. The van der Waals surface area contributed by atoms with Crippen LogP contribution in [-0.2, 0) is 11.3 Å². The molecule has 0 atom stereocenters. The van der Waals surface area contributed by atoms with E-state index in [0.29, 0.717) is 10.7 Å². The summed E-state index contributed by atoms with van der Waals surface area (Å²) >= 11 is 1.35. The second kappa shape index (κ2) is 7.01. The van der Waals surface area contributed by atoms with Gasteiger partial charge in [-0.2, -0.15) is 4.80 Å². The Morgan fingerprint density at radius 1 is 1.12 bits per heavy atom. The van der Waals surface area contributed by atoms with Gasteiger partial charge >= 0.3 is 0 Å². The standard InChI is InChI=1S/C15H14N6O2S/c1-10-7-8-12(24-10)15(23)18-16-13(22)9-21-19-14(17-20-21)11-5-3-2-4-6-11/h2-8H,9H2,1H3,(H,16,22)(H,18,23). The van der Waals surface area contributed by atoms with Crippen molar-refractivity contribution >= 4 is 23.2 Å². The normalized spacial score (nSPS) is 10.4. The van der Waals surface area contributed by atoms with E-state index in [1.165, 1.54) is 16.1 Å². The molecule has 3 rings (SSSR count).